The second kappa shape index (κ2) is 17.2. The number of ketones is 1. The lowest BCUT2D eigenvalue weighted by molar-refractivity contribution is -0.113. The Bertz CT molecular complexity index is 1590. The molecule has 4 atom stereocenters. The molecule has 3 fully saturated rings. The Morgan fingerprint density at radius 3 is 2.49 bits per heavy atom. The molecule has 0 spiro atoms. The van der Waals surface area contributed by atoms with Crippen molar-refractivity contribution in [2.45, 2.75) is 117 Å². The Morgan fingerprint density at radius 1 is 1.04 bits per heavy atom. The van der Waals surface area contributed by atoms with Gasteiger partial charge in [0, 0.05) is 29.6 Å². The smallest absolute Gasteiger partial charge is 0.176 e. The first-order valence-electron chi connectivity index (χ1n) is 18.7. The third-order valence-electron chi connectivity index (χ3n) is 11.9. The molecule has 1 aromatic carbocycles. The molecule has 0 radical (unpaired) electrons. The predicted molar refractivity (Wildman–Crippen MR) is 211 cm³/mol. The van der Waals surface area contributed by atoms with Crippen molar-refractivity contribution in [2.24, 2.45) is 23.2 Å². The van der Waals surface area contributed by atoms with Gasteiger partial charge in [-0.05, 0) is 158 Å². The maximum atomic E-state index is 12.8. The summed E-state index contributed by atoms with van der Waals surface area (Å²) in [4.78, 5) is 16.1. The number of nitrogens with one attached hydrogen (secondary N) is 3. The van der Waals surface area contributed by atoms with Gasteiger partial charge in [0.1, 0.15) is 0 Å². The Balaban J connectivity index is 1.23. The van der Waals surface area contributed by atoms with E-state index in [0.29, 0.717) is 29.9 Å². The molecule has 49 heavy (non-hydrogen) atoms. The molecule has 0 saturated heterocycles. The first kappa shape index (κ1) is 38.0. The molecule has 262 valence electrons. The van der Waals surface area contributed by atoms with Gasteiger partial charge in [0.15, 0.2) is 5.78 Å². The molecule has 3 aliphatic carbocycles. The van der Waals surface area contributed by atoms with E-state index in [1.807, 2.05) is 25.3 Å². The highest BCUT2D eigenvalue weighted by atomic mass is 16.1. The van der Waals surface area contributed by atoms with Gasteiger partial charge >= 0.3 is 0 Å². The van der Waals surface area contributed by atoms with Crippen molar-refractivity contribution >= 4 is 28.4 Å². The zero-order chi connectivity index (χ0) is 35.7. The van der Waals surface area contributed by atoms with Gasteiger partial charge in [0.25, 0.3) is 0 Å². The van der Waals surface area contributed by atoms with Crippen LogP contribution in [-0.2, 0) is 4.79 Å². The molecule has 4 heteroatoms. The number of hydrogen-bond acceptors (Lipinski definition) is 3. The zero-order valence-corrected chi connectivity index (χ0v) is 30.9. The Kier molecular flexibility index (Phi) is 13.4. The molecule has 0 amide bonds. The SMILES string of the molecule is C=CC(=C)C=C(C(=C)CCCCC(CC)c1cccc(C(=N)CCC(=O)C(=N)CCCC2CCC3CC2C3(C)C)c1)c1cc[nH]c1C(=C)C. The van der Waals surface area contributed by atoms with Gasteiger partial charge in [-0.15, -0.1) is 0 Å². The van der Waals surface area contributed by atoms with E-state index < -0.39 is 0 Å². The lowest BCUT2D eigenvalue weighted by Gasteiger charge is -2.60. The van der Waals surface area contributed by atoms with E-state index in [2.05, 4.69) is 76.3 Å². The van der Waals surface area contributed by atoms with Crippen molar-refractivity contribution < 1.29 is 4.79 Å². The number of unbranched alkanes of at least 4 members (excludes halogenated alkanes) is 1. The fourth-order valence-electron chi connectivity index (χ4n) is 8.53. The van der Waals surface area contributed by atoms with Crippen molar-refractivity contribution in [1.82, 2.24) is 4.98 Å². The number of benzene rings is 1. The Labute approximate surface area is 297 Å². The number of carbonyl (C=O) groups is 1. The summed E-state index contributed by atoms with van der Waals surface area (Å²) in [5, 5.41) is 17.2. The summed E-state index contributed by atoms with van der Waals surface area (Å²) in [6, 6.07) is 10.4. The van der Waals surface area contributed by atoms with Crippen molar-refractivity contribution in [3.05, 3.63) is 109 Å². The van der Waals surface area contributed by atoms with Crippen LogP contribution in [0, 0.1) is 34.0 Å². The van der Waals surface area contributed by atoms with E-state index in [9.17, 15) is 4.79 Å². The highest BCUT2D eigenvalue weighted by Crippen LogP contribution is 2.62. The molecule has 4 unspecified atom stereocenters. The average Bonchev–Trinajstić information content (AvgIpc) is 3.59. The molecule has 3 N–H and O–H groups in total. The standard InChI is InChI=1S/C45H61N3O/c1-9-31(5)27-39(38-25-26-48-44(38)30(3)4)32(6)15-11-12-16-33(10-2)35-18-13-19-36(28-35)41(46)23-24-43(49)42(47)20-14-17-34-21-22-37-29-40(34)45(37,7)8/h9,13,18-19,25-28,33-34,37,40,46-48H,1,3,5-6,10-12,14-17,20-24,29H2,2,4,7-8H3. The number of rotatable bonds is 21. The molecule has 4 nitrogen and oxygen atoms in total. The van der Waals surface area contributed by atoms with E-state index in [0.717, 1.165) is 102 Å². The number of allylic oxidation sites excluding steroid dienone is 6. The third-order valence-corrected chi connectivity index (χ3v) is 11.9. The van der Waals surface area contributed by atoms with E-state index in [1.165, 1.54) is 24.8 Å². The number of carbonyl (C=O) groups excluding carboxylic acids is 1. The van der Waals surface area contributed by atoms with E-state index in [1.54, 1.807) is 6.08 Å². The molecular weight excluding hydrogens is 599 g/mol. The predicted octanol–water partition coefficient (Wildman–Crippen LogP) is 12.5. The van der Waals surface area contributed by atoms with Gasteiger partial charge < -0.3 is 15.8 Å². The molecule has 2 bridgehead atoms. The van der Waals surface area contributed by atoms with E-state index in [-0.39, 0.29) is 17.9 Å². The van der Waals surface area contributed by atoms with Crippen LogP contribution in [0.25, 0.3) is 11.1 Å². The van der Waals surface area contributed by atoms with Gasteiger partial charge in [0.05, 0.1) is 5.71 Å². The van der Waals surface area contributed by atoms with Gasteiger partial charge in [-0.3, -0.25) is 4.79 Å². The number of hydrogen-bond donors (Lipinski definition) is 3. The Hall–Kier alpha value is -3.79. The first-order valence-corrected chi connectivity index (χ1v) is 18.7. The zero-order valence-electron chi connectivity index (χ0n) is 30.9. The lowest BCUT2D eigenvalue weighted by atomic mass is 9.45. The number of Topliss-reactive ketones (excluding diaryl/α,β-unsaturated/α-hetero) is 1. The highest BCUT2D eigenvalue weighted by Gasteiger charge is 2.53. The third kappa shape index (κ3) is 9.47. The lowest BCUT2D eigenvalue weighted by Crippen LogP contribution is -2.52. The normalized spacial score (nSPS) is 20.2. The van der Waals surface area contributed by atoms with E-state index in [4.69, 9.17) is 10.8 Å². The minimum absolute atomic E-state index is 0.0965. The first-order chi connectivity index (χ1) is 23.4. The summed E-state index contributed by atoms with van der Waals surface area (Å²) in [7, 11) is 0. The van der Waals surface area contributed by atoms with Gasteiger partial charge in [-0.2, -0.15) is 0 Å². The van der Waals surface area contributed by atoms with Crippen molar-refractivity contribution in [2.75, 3.05) is 0 Å². The van der Waals surface area contributed by atoms with Crippen molar-refractivity contribution in [3.63, 3.8) is 0 Å². The van der Waals surface area contributed by atoms with Crippen LogP contribution in [0.1, 0.15) is 139 Å². The second-order valence-electron chi connectivity index (χ2n) is 15.4. The molecular formula is C45H61N3O. The van der Waals surface area contributed by atoms with Crippen LogP contribution in [0.3, 0.4) is 0 Å². The molecule has 1 aromatic heterocycles. The second-order valence-corrected chi connectivity index (χ2v) is 15.4. The summed E-state index contributed by atoms with van der Waals surface area (Å²) < 4.78 is 0. The molecule has 3 saturated carbocycles. The monoisotopic (exact) mass is 659 g/mol. The largest absolute Gasteiger partial charge is 0.361 e. The molecule has 1 heterocycles. The minimum atomic E-state index is -0.0965. The number of aromatic amines is 1. The summed E-state index contributed by atoms with van der Waals surface area (Å²) in [5.74, 6) is 2.81. The number of aromatic nitrogens is 1. The molecule has 5 rings (SSSR count). The minimum Gasteiger partial charge on any atom is -0.361 e. The van der Waals surface area contributed by atoms with Crippen LogP contribution < -0.4 is 0 Å². The quantitative estimate of drug-likeness (QED) is 0.0696. The van der Waals surface area contributed by atoms with E-state index >= 15 is 0 Å². The average molecular weight is 660 g/mol. The van der Waals surface area contributed by atoms with Gasteiger partial charge in [0.2, 0.25) is 0 Å². The summed E-state index contributed by atoms with van der Waals surface area (Å²) in [6.07, 6.45) is 18.2. The van der Waals surface area contributed by atoms with Gasteiger partial charge in [-0.1, -0.05) is 77.8 Å². The van der Waals surface area contributed by atoms with Crippen molar-refractivity contribution in [3.8, 4) is 0 Å². The number of fused-ring (bicyclic) bond motifs is 2. The summed E-state index contributed by atoms with van der Waals surface area (Å²) in [5.41, 5.74) is 9.48. The van der Waals surface area contributed by atoms with Crippen LogP contribution >= 0.6 is 0 Å². The fourth-order valence-corrected chi connectivity index (χ4v) is 8.53. The maximum absolute atomic E-state index is 12.8. The summed E-state index contributed by atoms with van der Waals surface area (Å²) in [6.45, 7) is 25.7. The topological polar surface area (TPSA) is 80.6 Å². The van der Waals surface area contributed by atoms with Crippen LogP contribution in [0.5, 0.6) is 0 Å². The number of H-pyrrole nitrogens is 1. The van der Waals surface area contributed by atoms with Crippen molar-refractivity contribution in [1.29, 1.82) is 10.8 Å². The maximum Gasteiger partial charge on any atom is 0.176 e. The molecule has 3 aliphatic rings. The molecule has 2 aromatic rings. The fraction of sp³-hybridized carbons (Fsp3) is 0.489. The Morgan fingerprint density at radius 2 is 1.82 bits per heavy atom. The highest BCUT2D eigenvalue weighted by molar-refractivity contribution is 6.38. The van der Waals surface area contributed by atoms with Crippen LogP contribution in [0.4, 0.5) is 0 Å². The van der Waals surface area contributed by atoms with Crippen LogP contribution in [0.2, 0.25) is 0 Å². The molecule has 0 aliphatic heterocycles. The van der Waals surface area contributed by atoms with Crippen LogP contribution in [0.15, 0.2) is 86.1 Å². The summed E-state index contributed by atoms with van der Waals surface area (Å²) >= 11 is 0. The van der Waals surface area contributed by atoms with Crippen LogP contribution in [-0.4, -0.2) is 22.2 Å². The van der Waals surface area contributed by atoms with Gasteiger partial charge in [-0.25, -0.2) is 0 Å².